The van der Waals surface area contributed by atoms with Gasteiger partial charge in [-0.25, -0.2) is 0 Å². The summed E-state index contributed by atoms with van der Waals surface area (Å²) in [7, 11) is 3.51. The molecule has 5 nitrogen and oxygen atoms in total. The van der Waals surface area contributed by atoms with Gasteiger partial charge in [-0.3, -0.25) is 9.69 Å². The number of hydrogen-bond donors (Lipinski definition) is 0. The molecular formula is C26H29NO4. The normalized spacial score (nSPS) is 33.0. The van der Waals surface area contributed by atoms with E-state index in [4.69, 9.17) is 14.2 Å². The topological polar surface area (TPSA) is 48.0 Å². The van der Waals surface area contributed by atoms with Crippen molar-refractivity contribution in [1.29, 1.82) is 0 Å². The maximum Gasteiger partial charge on any atom is 0.174 e. The summed E-state index contributed by atoms with van der Waals surface area (Å²) in [4.78, 5) is 15.7. The summed E-state index contributed by atoms with van der Waals surface area (Å²) >= 11 is 0. The summed E-state index contributed by atoms with van der Waals surface area (Å²) in [6.07, 6.45) is 3.60. The minimum Gasteiger partial charge on any atom is -0.493 e. The maximum atomic E-state index is 13.1. The molecule has 0 radical (unpaired) electrons. The van der Waals surface area contributed by atoms with Crippen molar-refractivity contribution in [2.24, 2.45) is 0 Å². The molecule has 2 heterocycles. The lowest BCUT2D eigenvalue weighted by Crippen LogP contribution is -2.77. The molecule has 0 amide bonds. The van der Waals surface area contributed by atoms with Gasteiger partial charge in [-0.05, 0) is 49.4 Å². The zero-order chi connectivity index (χ0) is 21.2. The number of ether oxygens (including phenoxy) is 3. The standard InChI is InChI=1S/C26H29NO4/c1-29-20-9-8-18-16-21-26(30-2)12-10-19(28)24-25(26,22(18)23(20)31-24)13-15-27(21)14-11-17-6-4-3-5-7-17/h3-9,21,24H,10-16H2,1-2H3/t21-,24?,25+,26-/m1/s1. The number of nitrogens with zero attached hydrogens (tertiary/aromatic N) is 1. The number of rotatable bonds is 5. The van der Waals surface area contributed by atoms with Crippen LogP contribution in [0, 0.1) is 0 Å². The third kappa shape index (κ3) is 2.36. The van der Waals surface area contributed by atoms with Gasteiger partial charge in [0.15, 0.2) is 23.4 Å². The Labute approximate surface area is 183 Å². The van der Waals surface area contributed by atoms with Gasteiger partial charge >= 0.3 is 0 Å². The summed E-state index contributed by atoms with van der Waals surface area (Å²) in [6.45, 7) is 1.94. The highest BCUT2D eigenvalue weighted by atomic mass is 16.5. The van der Waals surface area contributed by atoms with Crippen LogP contribution in [0.5, 0.6) is 11.5 Å². The van der Waals surface area contributed by atoms with Crippen LogP contribution in [0.25, 0.3) is 0 Å². The number of ketones is 1. The average Bonchev–Trinajstić information content (AvgIpc) is 3.16. The smallest absolute Gasteiger partial charge is 0.174 e. The second-order valence-electron chi connectivity index (χ2n) is 9.40. The van der Waals surface area contributed by atoms with Crippen LogP contribution in [-0.2, 0) is 27.8 Å². The van der Waals surface area contributed by atoms with E-state index >= 15 is 0 Å². The summed E-state index contributed by atoms with van der Waals surface area (Å²) < 4.78 is 18.6. The number of piperidine rings is 1. The van der Waals surface area contributed by atoms with Gasteiger partial charge in [0, 0.05) is 31.7 Å². The first kappa shape index (κ1) is 19.3. The zero-order valence-electron chi connectivity index (χ0n) is 18.2. The quantitative estimate of drug-likeness (QED) is 0.744. The minimum atomic E-state index is -0.467. The third-order valence-electron chi connectivity index (χ3n) is 8.43. The lowest BCUT2D eigenvalue weighted by Gasteiger charge is -2.64. The zero-order valence-corrected chi connectivity index (χ0v) is 18.2. The molecule has 1 unspecified atom stereocenters. The molecule has 1 spiro atoms. The van der Waals surface area contributed by atoms with E-state index in [1.807, 2.05) is 13.2 Å². The SMILES string of the molecule is COc1ccc2c3c1OC1C(=O)CC[C@@]4(OC)[C@@H](C2)N(CCc2ccccc2)CC[C@]314. The maximum absolute atomic E-state index is 13.1. The van der Waals surface area contributed by atoms with Crippen LogP contribution in [0.3, 0.4) is 0 Å². The second-order valence-corrected chi connectivity index (χ2v) is 9.40. The number of carbonyl (C=O) groups is 1. The van der Waals surface area contributed by atoms with Crippen molar-refractivity contribution >= 4 is 5.78 Å². The fourth-order valence-corrected chi connectivity index (χ4v) is 7.14. The first-order valence-corrected chi connectivity index (χ1v) is 11.4. The molecule has 2 bridgehead atoms. The first-order chi connectivity index (χ1) is 15.1. The van der Waals surface area contributed by atoms with E-state index in [1.165, 1.54) is 16.7 Å². The molecule has 6 rings (SSSR count). The van der Waals surface area contributed by atoms with Crippen LogP contribution < -0.4 is 9.47 Å². The molecule has 31 heavy (non-hydrogen) atoms. The van der Waals surface area contributed by atoms with Crippen molar-refractivity contribution in [2.45, 2.75) is 55.3 Å². The molecule has 2 aromatic carbocycles. The average molecular weight is 420 g/mol. The van der Waals surface area contributed by atoms with Crippen molar-refractivity contribution in [3.05, 3.63) is 59.2 Å². The fourth-order valence-electron chi connectivity index (χ4n) is 7.14. The molecule has 4 atom stereocenters. The monoisotopic (exact) mass is 419 g/mol. The largest absolute Gasteiger partial charge is 0.493 e. The van der Waals surface area contributed by atoms with Gasteiger partial charge in [0.05, 0.1) is 18.1 Å². The van der Waals surface area contributed by atoms with E-state index in [-0.39, 0.29) is 11.8 Å². The number of carbonyl (C=O) groups excluding carboxylic acids is 1. The van der Waals surface area contributed by atoms with Crippen molar-refractivity contribution in [2.75, 3.05) is 27.3 Å². The van der Waals surface area contributed by atoms with Gasteiger partial charge in [0.1, 0.15) is 0 Å². The molecule has 1 saturated heterocycles. The third-order valence-corrected chi connectivity index (χ3v) is 8.43. The van der Waals surface area contributed by atoms with Crippen LogP contribution in [-0.4, -0.2) is 55.7 Å². The van der Waals surface area contributed by atoms with Gasteiger partial charge < -0.3 is 14.2 Å². The second kappa shape index (κ2) is 6.81. The molecule has 5 heteroatoms. The highest BCUT2D eigenvalue weighted by Crippen LogP contribution is 2.65. The Morgan fingerprint density at radius 1 is 1.13 bits per heavy atom. The summed E-state index contributed by atoms with van der Waals surface area (Å²) in [6, 6.07) is 15.1. The Balaban J connectivity index is 1.46. The summed E-state index contributed by atoms with van der Waals surface area (Å²) in [5.41, 5.74) is 3.01. The number of methoxy groups -OCH3 is 2. The van der Waals surface area contributed by atoms with E-state index in [2.05, 4.69) is 41.3 Å². The lowest BCUT2D eigenvalue weighted by atomic mass is 9.49. The Morgan fingerprint density at radius 2 is 1.97 bits per heavy atom. The molecule has 2 aromatic rings. The van der Waals surface area contributed by atoms with Crippen LogP contribution >= 0.6 is 0 Å². The van der Waals surface area contributed by atoms with E-state index < -0.39 is 17.1 Å². The Morgan fingerprint density at radius 3 is 2.74 bits per heavy atom. The predicted molar refractivity (Wildman–Crippen MR) is 117 cm³/mol. The first-order valence-electron chi connectivity index (χ1n) is 11.4. The van der Waals surface area contributed by atoms with E-state index in [9.17, 15) is 4.79 Å². The van der Waals surface area contributed by atoms with Crippen LogP contribution in [0.1, 0.15) is 36.0 Å². The highest BCUT2D eigenvalue weighted by Gasteiger charge is 2.73. The highest BCUT2D eigenvalue weighted by molar-refractivity contribution is 5.90. The van der Waals surface area contributed by atoms with Crippen molar-refractivity contribution in [3.8, 4) is 11.5 Å². The Hall–Kier alpha value is -2.37. The van der Waals surface area contributed by atoms with Gasteiger partial charge in [0.2, 0.25) is 0 Å². The molecule has 2 fully saturated rings. The Kier molecular flexibility index (Phi) is 4.25. The molecule has 162 valence electrons. The molecule has 0 N–H and O–H groups in total. The summed E-state index contributed by atoms with van der Waals surface area (Å²) in [5, 5.41) is 0. The number of hydrogen-bond acceptors (Lipinski definition) is 5. The van der Waals surface area contributed by atoms with Gasteiger partial charge in [-0.15, -0.1) is 0 Å². The summed E-state index contributed by atoms with van der Waals surface area (Å²) in [5.74, 6) is 1.71. The number of Topliss-reactive ketones (excluding diaryl/α,β-unsaturated/α-hetero) is 1. The molecule has 2 aliphatic carbocycles. The van der Waals surface area contributed by atoms with Crippen LogP contribution in [0.4, 0.5) is 0 Å². The Bertz CT molecular complexity index is 1040. The number of likely N-dealkylation sites (tertiary alicyclic amines) is 1. The molecule has 0 aromatic heterocycles. The molecule has 2 aliphatic heterocycles. The van der Waals surface area contributed by atoms with Crippen LogP contribution in [0.15, 0.2) is 42.5 Å². The van der Waals surface area contributed by atoms with Crippen molar-refractivity contribution < 1.29 is 19.0 Å². The van der Waals surface area contributed by atoms with Gasteiger partial charge in [0.25, 0.3) is 0 Å². The fraction of sp³-hybridized carbons (Fsp3) is 0.500. The van der Waals surface area contributed by atoms with E-state index in [1.54, 1.807) is 7.11 Å². The molecular weight excluding hydrogens is 390 g/mol. The van der Waals surface area contributed by atoms with E-state index in [0.717, 1.165) is 50.3 Å². The van der Waals surface area contributed by atoms with Gasteiger partial charge in [-0.2, -0.15) is 0 Å². The minimum absolute atomic E-state index is 0.204. The van der Waals surface area contributed by atoms with Crippen molar-refractivity contribution in [3.63, 3.8) is 0 Å². The van der Waals surface area contributed by atoms with Crippen molar-refractivity contribution in [1.82, 2.24) is 4.90 Å². The van der Waals surface area contributed by atoms with Crippen LogP contribution in [0.2, 0.25) is 0 Å². The van der Waals surface area contributed by atoms with E-state index in [0.29, 0.717) is 6.42 Å². The molecule has 1 saturated carbocycles. The molecule has 4 aliphatic rings. The van der Waals surface area contributed by atoms with Gasteiger partial charge in [-0.1, -0.05) is 36.4 Å². The number of benzene rings is 2. The lowest BCUT2D eigenvalue weighted by molar-refractivity contribution is -0.201. The predicted octanol–water partition coefficient (Wildman–Crippen LogP) is 3.32.